The van der Waals surface area contributed by atoms with E-state index < -0.39 is 12.0 Å². The fourth-order valence-corrected chi connectivity index (χ4v) is 3.55. The quantitative estimate of drug-likeness (QED) is 0.917. The van der Waals surface area contributed by atoms with Crippen molar-refractivity contribution in [2.75, 3.05) is 0 Å². The molecule has 1 aliphatic heterocycles. The molecule has 0 spiro atoms. The first-order valence-electron chi connectivity index (χ1n) is 7.58. The molecule has 0 saturated carbocycles. The number of carboxylic acid groups (broad SMARTS) is 1. The van der Waals surface area contributed by atoms with E-state index in [1.165, 1.54) is 22.3 Å². The van der Waals surface area contributed by atoms with Crippen molar-refractivity contribution in [2.24, 2.45) is 0 Å². The van der Waals surface area contributed by atoms with Gasteiger partial charge in [0.15, 0.2) is 0 Å². The van der Waals surface area contributed by atoms with Crippen LogP contribution in [0, 0.1) is 20.8 Å². The molecule has 0 bridgehead atoms. The summed E-state index contributed by atoms with van der Waals surface area (Å²) in [7, 11) is 0. The highest BCUT2D eigenvalue weighted by Crippen LogP contribution is 2.35. The zero-order valence-electron chi connectivity index (χ0n) is 13.7. The molecule has 0 aromatic heterocycles. The van der Waals surface area contributed by atoms with Crippen molar-refractivity contribution in [3.05, 3.63) is 69.8 Å². The normalized spacial score (nSPS) is 16.7. The second-order valence-electron chi connectivity index (χ2n) is 6.22. The van der Waals surface area contributed by atoms with Crippen LogP contribution < -0.4 is 0 Å². The first kappa shape index (κ1) is 17.5. The van der Waals surface area contributed by atoms with Crippen molar-refractivity contribution in [1.29, 1.82) is 0 Å². The Morgan fingerprint density at radius 1 is 1.17 bits per heavy atom. The van der Waals surface area contributed by atoms with Crippen LogP contribution in [0.5, 0.6) is 0 Å². The van der Waals surface area contributed by atoms with E-state index in [1.807, 2.05) is 24.3 Å². The molecule has 0 aliphatic carbocycles. The minimum Gasteiger partial charge on any atom is -0.480 e. The first-order chi connectivity index (χ1) is 10.5. The average Bonchev–Trinajstić information content (AvgIpc) is 2.80. The number of benzene rings is 2. The van der Waals surface area contributed by atoms with Crippen molar-refractivity contribution in [3.63, 3.8) is 0 Å². The van der Waals surface area contributed by atoms with Gasteiger partial charge in [0, 0.05) is 13.1 Å². The number of hydrogen-bond acceptors (Lipinski definition) is 2. The summed E-state index contributed by atoms with van der Waals surface area (Å²) < 4.78 is 0. The molecule has 4 heteroatoms. The highest BCUT2D eigenvalue weighted by molar-refractivity contribution is 5.85. The number of aryl methyl sites for hydroxylation is 3. The van der Waals surface area contributed by atoms with Crippen molar-refractivity contribution < 1.29 is 9.90 Å². The maximum Gasteiger partial charge on any atom is 0.325 e. The van der Waals surface area contributed by atoms with E-state index in [-0.39, 0.29) is 12.4 Å². The summed E-state index contributed by atoms with van der Waals surface area (Å²) in [6, 6.07) is 11.6. The Labute approximate surface area is 143 Å². The number of fused-ring (bicyclic) bond motifs is 1. The Morgan fingerprint density at radius 2 is 1.78 bits per heavy atom. The summed E-state index contributed by atoms with van der Waals surface area (Å²) in [4.78, 5) is 13.8. The molecule has 1 N–H and O–H groups in total. The molecule has 1 aliphatic rings. The van der Waals surface area contributed by atoms with E-state index in [0.29, 0.717) is 13.1 Å². The summed E-state index contributed by atoms with van der Waals surface area (Å²) in [6.45, 7) is 7.67. The lowest BCUT2D eigenvalue weighted by molar-refractivity contribution is -0.143. The summed E-state index contributed by atoms with van der Waals surface area (Å²) >= 11 is 0. The zero-order chi connectivity index (χ0) is 15.9. The lowest BCUT2D eigenvalue weighted by atomic mass is 9.99. The topological polar surface area (TPSA) is 40.5 Å². The monoisotopic (exact) mass is 331 g/mol. The van der Waals surface area contributed by atoms with Gasteiger partial charge in [0.25, 0.3) is 0 Å². The molecule has 0 radical (unpaired) electrons. The Kier molecular flexibility index (Phi) is 5.12. The number of nitrogens with zero attached hydrogens (tertiary/aromatic N) is 1. The van der Waals surface area contributed by atoms with Gasteiger partial charge in [-0.15, -0.1) is 12.4 Å². The van der Waals surface area contributed by atoms with Crippen LogP contribution in [0.1, 0.15) is 39.4 Å². The zero-order valence-corrected chi connectivity index (χ0v) is 14.5. The van der Waals surface area contributed by atoms with E-state index in [0.717, 1.165) is 11.1 Å². The molecular weight excluding hydrogens is 310 g/mol. The van der Waals surface area contributed by atoms with Crippen LogP contribution in [0.2, 0.25) is 0 Å². The molecule has 3 rings (SSSR count). The molecule has 2 aromatic rings. The minimum absolute atomic E-state index is 0. The lowest BCUT2D eigenvalue weighted by Gasteiger charge is -2.24. The molecule has 1 unspecified atom stereocenters. The fourth-order valence-electron chi connectivity index (χ4n) is 3.55. The summed E-state index contributed by atoms with van der Waals surface area (Å²) in [6.07, 6.45) is 0. The number of hydrogen-bond donors (Lipinski definition) is 1. The predicted molar refractivity (Wildman–Crippen MR) is 94.0 cm³/mol. The van der Waals surface area contributed by atoms with Gasteiger partial charge < -0.3 is 5.11 Å². The first-order valence-corrected chi connectivity index (χ1v) is 7.58. The molecule has 2 aromatic carbocycles. The van der Waals surface area contributed by atoms with E-state index >= 15 is 0 Å². The molecule has 1 atom stereocenters. The number of carboxylic acids is 1. The van der Waals surface area contributed by atoms with Gasteiger partial charge in [0.1, 0.15) is 6.04 Å². The Morgan fingerprint density at radius 3 is 2.39 bits per heavy atom. The standard InChI is InChI=1S/C19H21NO2.ClH/c1-12-8-13(2)17(14(3)9-12)11-20-10-15-6-4-5-7-16(15)18(20)19(21)22;/h4-9,18H,10-11H2,1-3H3,(H,21,22);1H. The number of aliphatic carboxylic acids is 1. The van der Waals surface area contributed by atoms with E-state index in [1.54, 1.807) is 0 Å². The molecule has 1 heterocycles. The van der Waals surface area contributed by atoms with Crippen LogP contribution in [-0.4, -0.2) is 16.0 Å². The third-order valence-corrected chi connectivity index (χ3v) is 4.52. The Bertz CT molecular complexity index is 719. The van der Waals surface area contributed by atoms with E-state index in [4.69, 9.17) is 0 Å². The number of halogens is 1. The van der Waals surface area contributed by atoms with Gasteiger partial charge in [-0.05, 0) is 48.6 Å². The summed E-state index contributed by atoms with van der Waals surface area (Å²) in [5, 5.41) is 9.65. The van der Waals surface area contributed by atoms with Crippen LogP contribution in [-0.2, 0) is 17.9 Å². The molecule has 23 heavy (non-hydrogen) atoms. The van der Waals surface area contributed by atoms with Crippen molar-refractivity contribution >= 4 is 18.4 Å². The van der Waals surface area contributed by atoms with E-state index in [9.17, 15) is 9.90 Å². The summed E-state index contributed by atoms with van der Waals surface area (Å²) in [5.74, 6) is -0.771. The highest BCUT2D eigenvalue weighted by Gasteiger charge is 2.35. The van der Waals surface area contributed by atoms with Gasteiger partial charge in [0.05, 0.1) is 0 Å². The van der Waals surface area contributed by atoms with Crippen LogP contribution >= 0.6 is 12.4 Å². The summed E-state index contributed by atoms with van der Waals surface area (Å²) in [5.41, 5.74) is 7.01. The van der Waals surface area contributed by atoms with Crippen molar-refractivity contribution in [3.8, 4) is 0 Å². The van der Waals surface area contributed by atoms with Gasteiger partial charge in [-0.2, -0.15) is 0 Å². The smallest absolute Gasteiger partial charge is 0.325 e. The van der Waals surface area contributed by atoms with Crippen LogP contribution in [0.3, 0.4) is 0 Å². The van der Waals surface area contributed by atoms with Gasteiger partial charge in [0.2, 0.25) is 0 Å². The van der Waals surface area contributed by atoms with Gasteiger partial charge in [-0.1, -0.05) is 42.0 Å². The SMILES string of the molecule is Cc1cc(C)c(CN2Cc3ccccc3C2C(=O)O)c(C)c1.Cl. The van der Waals surface area contributed by atoms with Gasteiger partial charge >= 0.3 is 5.97 Å². The van der Waals surface area contributed by atoms with Crippen LogP contribution in [0.15, 0.2) is 36.4 Å². The molecule has 0 fully saturated rings. The van der Waals surface area contributed by atoms with Crippen molar-refractivity contribution in [1.82, 2.24) is 4.90 Å². The number of rotatable bonds is 3. The number of carbonyl (C=O) groups is 1. The maximum atomic E-state index is 11.7. The predicted octanol–water partition coefficient (Wildman–Crippen LogP) is 4.18. The molecular formula is C19H22ClNO2. The van der Waals surface area contributed by atoms with Gasteiger partial charge in [-0.3, -0.25) is 9.69 Å². The average molecular weight is 332 g/mol. The largest absolute Gasteiger partial charge is 0.480 e. The molecule has 0 saturated heterocycles. The fraction of sp³-hybridized carbons (Fsp3) is 0.316. The van der Waals surface area contributed by atoms with Crippen LogP contribution in [0.25, 0.3) is 0 Å². The van der Waals surface area contributed by atoms with Gasteiger partial charge in [-0.25, -0.2) is 0 Å². The third-order valence-electron chi connectivity index (χ3n) is 4.52. The van der Waals surface area contributed by atoms with Crippen LogP contribution in [0.4, 0.5) is 0 Å². The highest BCUT2D eigenvalue weighted by atomic mass is 35.5. The van der Waals surface area contributed by atoms with Crippen molar-refractivity contribution in [2.45, 2.75) is 39.9 Å². The van der Waals surface area contributed by atoms with E-state index in [2.05, 4.69) is 37.8 Å². The Hall–Kier alpha value is -1.84. The molecule has 0 amide bonds. The maximum absolute atomic E-state index is 11.7. The second-order valence-corrected chi connectivity index (χ2v) is 6.22. The lowest BCUT2D eigenvalue weighted by Crippen LogP contribution is -2.28. The third kappa shape index (κ3) is 3.26. The second kappa shape index (κ2) is 6.73. The minimum atomic E-state index is -0.771. The Balaban J connectivity index is 0.00000192. The molecule has 3 nitrogen and oxygen atoms in total. The molecule has 122 valence electrons.